The van der Waals surface area contributed by atoms with Gasteiger partial charge in [-0.15, -0.1) is 6.42 Å². The molecule has 2 rings (SSSR count). The first kappa shape index (κ1) is 14.0. The van der Waals surface area contributed by atoms with Gasteiger partial charge in [-0.05, 0) is 0 Å². The highest BCUT2D eigenvalue weighted by atomic mass is 16.7. The third-order valence-electron chi connectivity index (χ3n) is 3.08. The van der Waals surface area contributed by atoms with Crippen LogP contribution < -0.4 is 0 Å². The van der Waals surface area contributed by atoms with Crippen molar-refractivity contribution in [3.8, 4) is 12.3 Å². The molecule has 0 saturated carbocycles. The lowest BCUT2D eigenvalue weighted by atomic mass is 9.91. The van der Waals surface area contributed by atoms with E-state index in [9.17, 15) is 5.11 Å². The monoisotopic (exact) mass is 262 g/mol. The summed E-state index contributed by atoms with van der Waals surface area (Å²) in [5.74, 6) is 2.40. The van der Waals surface area contributed by atoms with Crippen LogP contribution in [-0.2, 0) is 14.2 Å². The van der Waals surface area contributed by atoms with Crippen molar-refractivity contribution < 1.29 is 19.3 Å². The highest BCUT2D eigenvalue weighted by molar-refractivity contribution is 5.16. The smallest absolute Gasteiger partial charge is 0.183 e. The van der Waals surface area contributed by atoms with E-state index in [-0.39, 0.29) is 19.5 Å². The van der Waals surface area contributed by atoms with Gasteiger partial charge in [0.2, 0.25) is 0 Å². The quantitative estimate of drug-likeness (QED) is 0.643. The van der Waals surface area contributed by atoms with E-state index in [1.807, 2.05) is 30.3 Å². The van der Waals surface area contributed by atoms with Crippen molar-refractivity contribution >= 4 is 0 Å². The highest BCUT2D eigenvalue weighted by Crippen LogP contribution is 2.31. The summed E-state index contributed by atoms with van der Waals surface area (Å²) >= 11 is 0. The lowest BCUT2D eigenvalue weighted by molar-refractivity contribution is -0.250. The topological polar surface area (TPSA) is 47.9 Å². The fourth-order valence-electron chi connectivity index (χ4n) is 1.94. The molecule has 0 bridgehead atoms. The molecule has 1 fully saturated rings. The summed E-state index contributed by atoms with van der Waals surface area (Å²) in [7, 11) is 0. The average Bonchev–Trinajstić information content (AvgIpc) is 2.49. The first-order chi connectivity index (χ1) is 9.29. The van der Waals surface area contributed by atoms with E-state index >= 15 is 0 Å². The molecule has 0 radical (unpaired) electrons. The number of benzene rings is 1. The number of hydrogen-bond donors (Lipinski definition) is 1. The van der Waals surface area contributed by atoms with Crippen LogP contribution in [0.4, 0.5) is 0 Å². The van der Waals surface area contributed by atoms with E-state index in [0.29, 0.717) is 19.8 Å². The van der Waals surface area contributed by atoms with Crippen LogP contribution >= 0.6 is 0 Å². The fourth-order valence-corrected chi connectivity index (χ4v) is 1.94. The molecule has 1 aromatic rings. The Morgan fingerprint density at radius 2 is 2.00 bits per heavy atom. The Kier molecular flexibility index (Phi) is 4.94. The third kappa shape index (κ3) is 3.55. The Bertz CT molecular complexity index is 416. The van der Waals surface area contributed by atoms with Gasteiger partial charge in [-0.25, -0.2) is 0 Å². The Labute approximate surface area is 113 Å². The highest BCUT2D eigenvalue weighted by Gasteiger charge is 2.37. The van der Waals surface area contributed by atoms with Crippen molar-refractivity contribution in [1.29, 1.82) is 0 Å². The van der Waals surface area contributed by atoms with Crippen LogP contribution in [-0.4, -0.2) is 38.1 Å². The molecule has 1 heterocycles. The van der Waals surface area contributed by atoms with Crippen LogP contribution in [0, 0.1) is 17.8 Å². The average molecular weight is 262 g/mol. The van der Waals surface area contributed by atoms with Gasteiger partial charge in [0.05, 0.1) is 31.8 Å². The zero-order valence-electron chi connectivity index (χ0n) is 10.7. The molecule has 0 atom stereocenters. The van der Waals surface area contributed by atoms with Gasteiger partial charge in [0.15, 0.2) is 6.29 Å². The standard InChI is InChI=1S/C15H18O4/c1-2-8-17-10-15(9-16)11-18-14(19-12-15)13-6-4-3-5-7-13/h1,3-7,14,16H,8-12H2. The summed E-state index contributed by atoms with van der Waals surface area (Å²) in [5, 5.41) is 9.51. The van der Waals surface area contributed by atoms with E-state index in [1.54, 1.807) is 0 Å². The molecule has 0 spiro atoms. The molecule has 1 N–H and O–H groups in total. The molecule has 0 amide bonds. The number of terminal acetylenes is 1. The van der Waals surface area contributed by atoms with Crippen LogP contribution in [0.25, 0.3) is 0 Å². The van der Waals surface area contributed by atoms with Gasteiger partial charge in [0.1, 0.15) is 6.61 Å². The van der Waals surface area contributed by atoms with Gasteiger partial charge in [-0.3, -0.25) is 0 Å². The molecule has 1 aliphatic heterocycles. The predicted octanol–water partition coefficient (Wildman–Crippen LogP) is 1.36. The first-order valence-corrected chi connectivity index (χ1v) is 6.20. The molecule has 19 heavy (non-hydrogen) atoms. The Morgan fingerprint density at radius 3 is 2.58 bits per heavy atom. The minimum absolute atomic E-state index is 0.0565. The normalized spacial score (nSPS) is 26.8. The molecule has 1 aliphatic rings. The Balaban J connectivity index is 1.91. The molecular weight excluding hydrogens is 244 g/mol. The fraction of sp³-hybridized carbons (Fsp3) is 0.467. The van der Waals surface area contributed by atoms with Gasteiger partial charge in [-0.2, -0.15) is 0 Å². The first-order valence-electron chi connectivity index (χ1n) is 6.20. The van der Waals surface area contributed by atoms with E-state index < -0.39 is 5.41 Å². The van der Waals surface area contributed by atoms with E-state index in [0.717, 1.165) is 5.56 Å². The SMILES string of the molecule is C#CCOCC1(CO)COC(c2ccccc2)OC1. The van der Waals surface area contributed by atoms with Crippen LogP contribution in [0.15, 0.2) is 30.3 Å². The summed E-state index contributed by atoms with van der Waals surface area (Å²) in [5.41, 5.74) is 0.445. The van der Waals surface area contributed by atoms with Gasteiger partial charge >= 0.3 is 0 Å². The number of aliphatic hydroxyl groups excluding tert-OH is 1. The van der Waals surface area contributed by atoms with Gasteiger partial charge < -0.3 is 19.3 Å². The maximum atomic E-state index is 9.51. The summed E-state index contributed by atoms with van der Waals surface area (Å²) in [4.78, 5) is 0. The van der Waals surface area contributed by atoms with Crippen molar-refractivity contribution in [2.75, 3.05) is 33.0 Å². The molecule has 0 aliphatic carbocycles. The summed E-state index contributed by atoms with van der Waals surface area (Å²) in [6, 6.07) is 9.72. The second-order valence-electron chi connectivity index (χ2n) is 4.72. The second kappa shape index (κ2) is 6.69. The maximum Gasteiger partial charge on any atom is 0.183 e. The lowest BCUT2D eigenvalue weighted by Gasteiger charge is -2.38. The predicted molar refractivity (Wildman–Crippen MR) is 70.3 cm³/mol. The van der Waals surface area contributed by atoms with Crippen LogP contribution in [0.2, 0.25) is 0 Å². The molecule has 4 heteroatoms. The maximum absolute atomic E-state index is 9.51. The van der Waals surface area contributed by atoms with E-state index in [4.69, 9.17) is 20.6 Å². The van der Waals surface area contributed by atoms with Crippen molar-refractivity contribution in [2.24, 2.45) is 5.41 Å². The summed E-state index contributed by atoms with van der Waals surface area (Å²) in [6.45, 7) is 1.26. The Morgan fingerprint density at radius 1 is 1.32 bits per heavy atom. The number of ether oxygens (including phenoxy) is 3. The molecule has 1 aromatic carbocycles. The van der Waals surface area contributed by atoms with E-state index in [1.165, 1.54) is 0 Å². The van der Waals surface area contributed by atoms with E-state index in [2.05, 4.69) is 5.92 Å². The Hall–Kier alpha value is -1.38. The van der Waals surface area contributed by atoms with Crippen molar-refractivity contribution in [3.63, 3.8) is 0 Å². The third-order valence-corrected chi connectivity index (χ3v) is 3.08. The minimum atomic E-state index is -0.526. The minimum Gasteiger partial charge on any atom is -0.396 e. The number of aliphatic hydroxyl groups is 1. The zero-order chi connectivity index (χ0) is 13.6. The van der Waals surface area contributed by atoms with Crippen molar-refractivity contribution in [2.45, 2.75) is 6.29 Å². The second-order valence-corrected chi connectivity index (χ2v) is 4.72. The molecule has 4 nitrogen and oxygen atoms in total. The van der Waals surface area contributed by atoms with Crippen LogP contribution in [0.3, 0.4) is 0 Å². The van der Waals surface area contributed by atoms with Gasteiger partial charge in [-0.1, -0.05) is 36.3 Å². The van der Waals surface area contributed by atoms with Gasteiger partial charge in [0, 0.05) is 5.56 Å². The molecular formula is C15H18O4. The van der Waals surface area contributed by atoms with Crippen LogP contribution in [0.1, 0.15) is 11.9 Å². The number of hydrogen-bond acceptors (Lipinski definition) is 4. The molecule has 1 saturated heterocycles. The molecule has 102 valence electrons. The summed E-state index contributed by atoms with van der Waals surface area (Å²) < 4.78 is 16.7. The van der Waals surface area contributed by atoms with Crippen molar-refractivity contribution in [3.05, 3.63) is 35.9 Å². The largest absolute Gasteiger partial charge is 0.396 e. The molecule has 0 aromatic heterocycles. The van der Waals surface area contributed by atoms with Gasteiger partial charge in [0.25, 0.3) is 0 Å². The number of rotatable bonds is 5. The van der Waals surface area contributed by atoms with Crippen LogP contribution in [0.5, 0.6) is 0 Å². The van der Waals surface area contributed by atoms with Crippen molar-refractivity contribution in [1.82, 2.24) is 0 Å². The lowest BCUT2D eigenvalue weighted by Crippen LogP contribution is -2.45. The molecule has 0 unspecified atom stereocenters. The summed E-state index contributed by atoms with van der Waals surface area (Å²) in [6.07, 6.45) is 4.75. The zero-order valence-corrected chi connectivity index (χ0v) is 10.7.